The Morgan fingerprint density at radius 1 is 1.03 bits per heavy atom. The summed E-state index contributed by atoms with van der Waals surface area (Å²) in [6.07, 6.45) is -3.42. The summed E-state index contributed by atoms with van der Waals surface area (Å²) in [5.74, 6) is -1.27. The van der Waals surface area contributed by atoms with E-state index in [9.17, 15) is 28.0 Å². The second kappa shape index (κ2) is 12.6. The number of carbonyl (C=O) groups is 2. The summed E-state index contributed by atoms with van der Waals surface area (Å²) < 4.78 is 49.7. The number of alkyl halides is 3. The van der Waals surface area contributed by atoms with Gasteiger partial charge < -0.3 is 20.1 Å². The van der Waals surface area contributed by atoms with Crippen LogP contribution in [0.15, 0.2) is 60.2 Å². The highest BCUT2D eigenvalue weighted by Crippen LogP contribution is 2.37. The Morgan fingerprint density at radius 3 is 2.38 bits per heavy atom. The molecule has 0 spiro atoms. The molecule has 0 unspecified atom stereocenters. The van der Waals surface area contributed by atoms with Crippen LogP contribution in [0.5, 0.6) is 11.5 Å². The van der Waals surface area contributed by atoms with Crippen LogP contribution in [-0.4, -0.2) is 25.5 Å². The van der Waals surface area contributed by atoms with Gasteiger partial charge in [0.25, 0.3) is 11.8 Å². The van der Waals surface area contributed by atoms with Crippen LogP contribution in [-0.2, 0) is 15.8 Å². The lowest BCUT2D eigenvalue weighted by Crippen LogP contribution is -2.20. The summed E-state index contributed by atoms with van der Waals surface area (Å²) in [5.41, 5.74) is 0.0937. The van der Waals surface area contributed by atoms with E-state index in [0.717, 1.165) is 23.8 Å². The minimum atomic E-state index is -4.60. The highest BCUT2D eigenvalue weighted by molar-refractivity contribution is 6.32. The van der Waals surface area contributed by atoms with Crippen LogP contribution in [0.4, 0.5) is 24.5 Å². The first-order valence-corrected chi connectivity index (χ1v) is 11.8. The molecule has 0 atom stereocenters. The van der Waals surface area contributed by atoms with E-state index in [0.29, 0.717) is 10.7 Å². The summed E-state index contributed by atoms with van der Waals surface area (Å²) in [6, 6.07) is 13.5. The summed E-state index contributed by atoms with van der Waals surface area (Å²) in [4.78, 5) is 24.9. The van der Waals surface area contributed by atoms with Gasteiger partial charge in [0.15, 0.2) is 18.1 Å². The number of hydrogen-bond acceptors (Lipinski definition) is 5. The third-order valence-electron chi connectivity index (χ3n) is 5.18. The van der Waals surface area contributed by atoms with Crippen molar-refractivity contribution in [1.29, 1.82) is 5.26 Å². The van der Waals surface area contributed by atoms with Gasteiger partial charge in [-0.2, -0.15) is 18.4 Å². The molecule has 3 aromatic rings. The van der Waals surface area contributed by atoms with Crippen LogP contribution in [0, 0.1) is 18.3 Å². The number of amides is 2. The summed E-state index contributed by atoms with van der Waals surface area (Å²) in [5, 5.41) is 14.9. The van der Waals surface area contributed by atoms with Gasteiger partial charge >= 0.3 is 6.18 Å². The molecule has 39 heavy (non-hydrogen) atoms. The number of benzene rings is 3. The zero-order valence-electron chi connectivity index (χ0n) is 20.5. The third-order valence-corrected chi connectivity index (χ3v) is 5.87. The van der Waals surface area contributed by atoms with E-state index < -0.39 is 35.7 Å². The Balaban J connectivity index is 1.74. The first-order valence-electron chi connectivity index (χ1n) is 11.1. The van der Waals surface area contributed by atoms with Crippen molar-refractivity contribution >= 4 is 52.5 Å². The fraction of sp³-hybridized carbons (Fsp3) is 0.148. The molecule has 0 saturated carbocycles. The van der Waals surface area contributed by atoms with Gasteiger partial charge in [0.05, 0.1) is 17.7 Å². The van der Waals surface area contributed by atoms with Gasteiger partial charge in [-0.05, 0) is 66.6 Å². The van der Waals surface area contributed by atoms with E-state index in [1.165, 1.54) is 31.4 Å². The fourth-order valence-electron chi connectivity index (χ4n) is 3.26. The third kappa shape index (κ3) is 7.89. The predicted octanol–water partition coefficient (Wildman–Crippen LogP) is 6.89. The standard InChI is InChI=1S/C27H20Cl2F3N3O4/c1-15-6-7-20(12-21(15)28)34-24(36)14-39-25-22(29)9-16(10-23(25)38-2)8-17(13-33)26(37)35-19-5-3-4-18(11-19)27(30,31)32/h3-12H,14H2,1-2H3,(H,34,36)(H,35,37)/b17-8+. The number of aryl methyl sites for hydroxylation is 1. The highest BCUT2D eigenvalue weighted by atomic mass is 35.5. The molecule has 0 radical (unpaired) electrons. The topological polar surface area (TPSA) is 100 Å². The molecule has 202 valence electrons. The number of nitrogens with zero attached hydrogens (tertiary/aromatic N) is 1. The van der Waals surface area contributed by atoms with Gasteiger partial charge in [-0.1, -0.05) is 35.3 Å². The van der Waals surface area contributed by atoms with Crippen LogP contribution in [0.1, 0.15) is 16.7 Å². The van der Waals surface area contributed by atoms with Crippen LogP contribution in [0.2, 0.25) is 10.0 Å². The number of anilines is 2. The van der Waals surface area contributed by atoms with Gasteiger partial charge in [-0.15, -0.1) is 0 Å². The molecule has 0 heterocycles. The van der Waals surface area contributed by atoms with Crippen molar-refractivity contribution in [1.82, 2.24) is 0 Å². The van der Waals surface area contributed by atoms with Crippen molar-refractivity contribution in [2.75, 3.05) is 24.4 Å². The highest BCUT2D eigenvalue weighted by Gasteiger charge is 2.30. The van der Waals surface area contributed by atoms with Gasteiger partial charge in [-0.3, -0.25) is 9.59 Å². The summed E-state index contributed by atoms with van der Waals surface area (Å²) in [7, 11) is 1.33. The van der Waals surface area contributed by atoms with Crippen LogP contribution in [0.25, 0.3) is 6.08 Å². The van der Waals surface area contributed by atoms with Crippen LogP contribution >= 0.6 is 23.2 Å². The van der Waals surface area contributed by atoms with Gasteiger partial charge in [0.2, 0.25) is 0 Å². The number of nitriles is 1. The van der Waals surface area contributed by atoms with Crippen molar-refractivity contribution in [3.63, 3.8) is 0 Å². The lowest BCUT2D eigenvalue weighted by molar-refractivity contribution is -0.137. The lowest BCUT2D eigenvalue weighted by Gasteiger charge is -2.14. The monoisotopic (exact) mass is 577 g/mol. The minimum Gasteiger partial charge on any atom is -0.493 e. The quantitative estimate of drug-likeness (QED) is 0.224. The Labute approximate surface area is 231 Å². The van der Waals surface area contributed by atoms with E-state index >= 15 is 0 Å². The largest absolute Gasteiger partial charge is 0.493 e. The second-order valence-corrected chi connectivity index (χ2v) is 8.85. The second-order valence-electron chi connectivity index (χ2n) is 8.04. The van der Waals surface area contributed by atoms with Crippen molar-refractivity contribution in [3.05, 3.63) is 86.9 Å². The van der Waals surface area contributed by atoms with E-state index in [1.54, 1.807) is 24.3 Å². The summed E-state index contributed by atoms with van der Waals surface area (Å²) >= 11 is 12.4. The number of hydrogen-bond donors (Lipinski definition) is 2. The number of nitrogens with one attached hydrogen (secondary N) is 2. The number of halogens is 5. The molecule has 2 amide bonds. The molecule has 0 fully saturated rings. The van der Waals surface area contributed by atoms with E-state index in [1.807, 2.05) is 6.92 Å². The molecule has 2 N–H and O–H groups in total. The van der Waals surface area contributed by atoms with E-state index in [-0.39, 0.29) is 27.8 Å². The first-order chi connectivity index (χ1) is 18.4. The predicted molar refractivity (Wildman–Crippen MR) is 142 cm³/mol. The first kappa shape index (κ1) is 29.4. The Kier molecular flexibility index (Phi) is 9.46. The molecule has 3 rings (SSSR count). The molecule has 0 bridgehead atoms. The molecular weight excluding hydrogens is 558 g/mol. The lowest BCUT2D eigenvalue weighted by atomic mass is 10.1. The molecule has 12 heteroatoms. The zero-order valence-corrected chi connectivity index (χ0v) is 22.0. The molecule has 0 saturated heterocycles. The number of rotatable bonds is 8. The zero-order chi connectivity index (χ0) is 28.7. The van der Waals surface area contributed by atoms with E-state index in [4.69, 9.17) is 32.7 Å². The molecule has 0 aliphatic carbocycles. The van der Waals surface area contributed by atoms with Gasteiger partial charge in [-0.25, -0.2) is 0 Å². The normalized spacial score (nSPS) is 11.4. The molecule has 7 nitrogen and oxygen atoms in total. The SMILES string of the molecule is COc1cc(/C=C(\C#N)C(=O)Nc2cccc(C(F)(F)F)c2)cc(Cl)c1OCC(=O)Nc1ccc(C)c(Cl)c1. The molecule has 0 aromatic heterocycles. The average Bonchev–Trinajstić information content (AvgIpc) is 2.88. The van der Waals surface area contributed by atoms with Gasteiger partial charge in [0.1, 0.15) is 11.6 Å². The Bertz CT molecular complexity index is 1480. The van der Waals surface area contributed by atoms with Crippen molar-refractivity contribution in [3.8, 4) is 17.6 Å². The van der Waals surface area contributed by atoms with Crippen molar-refractivity contribution in [2.24, 2.45) is 0 Å². The molecule has 3 aromatic carbocycles. The van der Waals surface area contributed by atoms with Crippen LogP contribution in [0.3, 0.4) is 0 Å². The van der Waals surface area contributed by atoms with Crippen molar-refractivity contribution in [2.45, 2.75) is 13.1 Å². The minimum absolute atomic E-state index is 0.0161. The number of carbonyl (C=O) groups excluding carboxylic acids is 2. The number of methoxy groups -OCH3 is 1. The maximum atomic E-state index is 12.9. The fourth-order valence-corrected chi connectivity index (χ4v) is 3.71. The molecular formula is C27H20Cl2F3N3O4. The Morgan fingerprint density at radius 2 is 1.74 bits per heavy atom. The molecule has 0 aliphatic rings. The summed E-state index contributed by atoms with van der Waals surface area (Å²) in [6.45, 7) is 1.41. The van der Waals surface area contributed by atoms with Crippen molar-refractivity contribution < 1.29 is 32.2 Å². The van der Waals surface area contributed by atoms with E-state index in [2.05, 4.69) is 10.6 Å². The maximum Gasteiger partial charge on any atom is 0.416 e. The smallest absolute Gasteiger partial charge is 0.416 e. The van der Waals surface area contributed by atoms with Crippen LogP contribution < -0.4 is 20.1 Å². The maximum absolute atomic E-state index is 12.9. The Hall–Kier alpha value is -4.20. The van der Waals surface area contributed by atoms with Gasteiger partial charge in [0, 0.05) is 16.4 Å². The number of ether oxygens (including phenoxy) is 2. The average molecular weight is 578 g/mol. The molecule has 0 aliphatic heterocycles.